The van der Waals surface area contributed by atoms with Crippen LogP contribution in [0.15, 0.2) is 18.5 Å². The van der Waals surface area contributed by atoms with Crippen LogP contribution in [0.25, 0.3) is 0 Å². The van der Waals surface area contributed by atoms with Gasteiger partial charge in [-0.1, -0.05) is 0 Å². The molecule has 0 aliphatic carbocycles. The Morgan fingerprint density at radius 1 is 1.80 bits per heavy atom. The Kier molecular flexibility index (Phi) is 1.71. The Morgan fingerprint density at radius 3 is 2.90 bits per heavy atom. The lowest BCUT2D eigenvalue weighted by molar-refractivity contribution is -0.137. The summed E-state index contributed by atoms with van der Waals surface area (Å²) in [7, 11) is 0. The van der Waals surface area contributed by atoms with E-state index in [0.29, 0.717) is 0 Å². The van der Waals surface area contributed by atoms with Crippen molar-refractivity contribution in [1.29, 1.82) is 0 Å². The smallest absolute Gasteiger partial charge is 0.323 e. The predicted molar refractivity (Wildman–Crippen MR) is 32.0 cm³/mol. The molecule has 0 atom stereocenters. The zero-order chi connectivity index (χ0) is 7.56. The van der Waals surface area contributed by atoms with E-state index in [-0.39, 0.29) is 6.54 Å². The van der Waals surface area contributed by atoms with Crippen LogP contribution < -0.4 is 0 Å². The van der Waals surface area contributed by atoms with Crippen LogP contribution in [0.3, 0.4) is 0 Å². The second-order valence-electron chi connectivity index (χ2n) is 1.90. The fourth-order valence-electron chi connectivity index (χ4n) is 0.666. The fraction of sp³-hybridized carbons (Fsp3) is 0.167. The molecule has 0 amide bonds. The summed E-state index contributed by atoms with van der Waals surface area (Å²) in [6, 6.07) is 1.21. The van der Waals surface area contributed by atoms with E-state index in [1.807, 2.05) is 0 Å². The number of hydrogen-bond acceptors (Lipinski definition) is 1. The molecule has 0 saturated carbocycles. The largest absolute Gasteiger partial charge is 0.480 e. The minimum atomic E-state index is -0.976. The Balaban J connectivity index is 2.67. The number of carbonyl (C=O) groups is 1. The third kappa shape index (κ3) is 1.58. The van der Waals surface area contributed by atoms with Gasteiger partial charge in [-0.25, -0.2) is 4.39 Å². The van der Waals surface area contributed by atoms with Gasteiger partial charge in [0.25, 0.3) is 0 Å². The summed E-state index contributed by atoms with van der Waals surface area (Å²) in [6.07, 6.45) is 2.51. The van der Waals surface area contributed by atoms with Gasteiger partial charge in [-0.05, 0) is 6.07 Å². The van der Waals surface area contributed by atoms with Crippen molar-refractivity contribution in [2.24, 2.45) is 0 Å². The van der Waals surface area contributed by atoms with E-state index in [4.69, 9.17) is 5.11 Å². The molecule has 0 bridgehead atoms. The average molecular weight is 143 g/mol. The topological polar surface area (TPSA) is 42.2 Å². The van der Waals surface area contributed by atoms with Gasteiger partial charge in [-0.15, -0.1) is 0 Å². The first kappa shape index (κ1) is 6.80. The van der Waals surface area contributed by atoms with Crippen LogP contribution in [0.2, 0.25) is 0 Å². The highest BCUT2D eigenvalue weighted by Gasteiger charge is 1.98. The summed E-state index contributed by atoms with van der Waals surface area (Å²) in [5.41, 5.74) is 0. The zero-order valence-corrected chi connectivity index (χ0v) is 5.12. The average Bonchev–Trinajstić information content (AvgIpc) is 2.13. The number of carboxylic acids is 1. The zero-order valence-electron chi connectivity index (χ0n) is 5.12. The van der Waals surface area contributed by atoms with Crippen molar-refractivity contribution in [2.75, 3.05) is 0 Å². The van der Waals surface area contributed by atoms with Crippen LogP contribution in [-0.2, 0) is 11.3 Å². The SMILES string of the molecule is O=C(O)Cn1ccc(F)c1. The van der Waals surface area contributed by atoms with Gasteiger partial charge in [0.05, 0.1) is 0 Å². The van der Waals surface area contributed by atoms with Gasteiger partial charge in [0.1, 0.15) is 12.4 Å². The van der Waals surface area contributed by atoms with Crippen LogP contribution in [0, 0.1) is 5.82 Å². The molecule has 0 aliphatic rings. The van der Waals surface area contributed by atoms with E-state index in [1.54, 1.807) is 0 Å². The summed E-state index contributed by atoms with van der Waals surface area (Å²) < 4.78 is 13.4. The molecule has 0 unspecified atom stereocenters. The van der Waals surface area contributed by atoms with Crippen LogP contribution in [-0.4, -0.2) is 15.6 Å². The first-order chi connectivity index (χ1) is 4.68. The molecule has 3 nitrogen and oxygen atoms in total. The van der Waals surface area contributed by atoms with Crippen molar-refractivity contribution in [3.8, 4) is 0 Å². The molecular formula is C6H6FNO2. The molecule has 0 aromatic carbocycles. The maximum absolute atomic E-state index is 12.2. The number of halogens is 1. The van der Waals surface area contributed by atoms with Crippen molar-refractivity contribution < 1.29 is 14.3 Å². The highest BCUT2D eigenvalue weighted by molar-refractivity contribution is 5.66. The van der Waals surface area contributed by atoms with E-state index in [1.165, 1.54) is 16.8 Å². The number of rotatable bonds is 2. The third-order valence-corrected chi connectivity index (χ3v) is 1.03. The van der Waals surface area contributed by atoms with Crippen LogP contribution in [0.5, 0.6) is 0 Å². The van der Waals surface area contributed by atoms with E-state index in [2.05, 4.69) is 0 Å². The molecule has 1 rings (SSSR count). The molecule has 1 N–H and O–H groups in total. The lowest BCUT2D eigenvalue weighted by atomic mass is 10.6. The molecule has 0 saturated heterocycles. The molecule has 1 aromatic heterocycles. The Bertz CT molecular complexity index is 244. The van der Waals surface area contributed by atoms with Crippen LogP contribution in [0.1, 0.15) is 0 Å². The Hall–Kier alpha value is -1.32. The van der Waals surface area contributed by atoms with Gasteiger partial charge < -0.3 is 9.67 Å². The Morgan fingerprint density at radius 2 is 2.50 bits per heavy atom. The maximum atomic E-state index is 12.2. The van der Waals surface area contributed by atoms with Crippen molar-refractivity contribution in [2.45, 2.75) is 6.54 Å². The van der Waals surface area contributed by atoms with Gasteiger partial charge in [-0.3, -0.25) is 4.79 Å². The van der Waals surface area contributed by atoms with E-state index in [9.17, 15) is 9.18 Å². The summed E-state index contributed by atoms with van der Waals surface area (Å²) >= 11 is 0. The third-order valence-electron chi connectivity index (χ3n) is 1.03. The molecule has 4 heteroatoms. The molecule has 1 heterocycles. The highest BCUT2D eigenvalue weighted by atomic mass is 19.1. The maximum Gasteiger partial charge on any atom is 0.323 e. The van der Waals surface area contributed by atoms with E-state index < -0.39 is 11.8 Å². The molecule has 10 heavy (non-hydrogen) atoms. The van der Waals surface area contributed by atoms with Crippen molar-refractivity contribution in [1.82, 2.24) is 4.57 Å². The lowest BCUT2D eigenvalue weighted by Crippen LogP contribution is -2.05. The van der Waals surface area contributed by atoms with Gasteiger partial charge in [-0.2, -0.15) is 0 Å². The Labute approximate surface area is 56.7 Å². The van der Waals surface area contributed by atoms with Gasteiger partial charge >= 0.3 is 5.97 Å². The van der Waals surface area contributed by atoms with E-state index in [0.717, 1.165) is 6.20 Å². The number of aromatic nitrogens is 1. The summed E-state index contributed by atoms with van der Waals surface area (Å²) in [6.45, 7) is -0.191. The lowest BCUT2D eigenvalue weighted by Gasteiger charge is -1.93. The quantitative estimate of drug-likeness (QED) is 0.662. The number of nitrogens with zero attached hydrogens (tertiary/aromatic N) is 1. The van der Waals surface area contributed by atoms with Crippen LogP contribution in [0.4, 0.5) is 4.39 Å². The molecule has 0 spiro atoms. The predicted octanol–water partition coefficient (Wildman–Crippen LogP) is 0.712. The second kappa shape index (κ2) is 2.51. The summed E-state index contributed by atoms with van der Waals surface area (Å²) in [5, 5.41) is 8.23. The molecule has 54 valence electrons. The van der Waals surface area contributed by atoms with Crippen molar-refractivity contribution >= 4 is 5.97 Å². The van der Waals surface area contributed by atoms with Gasteiger partial charge in [0.15, 0.2) is 0 Å². The minimum Gasteiger partial charge on any atom is -0.480 e. The molecule has 0 radical (unpaired) electrons. The van der Waals surface area contributed by atoms with Crippen molar-refractivity contribution in [3.05, 3.63) is 24.3 Å². The number of aliphatic carboxylic acids is 1. The molecule has 0 aliphatic heterocycles. The standard InChI is InChI=1S/C6H6FNO2/c7-5-1-2-8(3-5)4-6(9)10/h1-3H,4H2,(H,9,10). The second-order valence-corrected chi connectivity index (χ2v) is 1.90. The summed E-state index contributed by atoms with van der Waals surface area (Å²) in [5.74, 6) is -1.39. The monoisotopic (exact) mass is 143 g/mol. The normalized spacial score (nSPS) is 9.70. The minimum absolute atomic E-state index is 0.191. The highest BCUT2D eigenvalue weighted by Crippen LogP contribution is 1.96. The van der Waals surface area contributed by atoms with Gasteiger partial charge in [0, 0.05) is 12.4 Å². The number of hydrogen-bond donors (Lipinski definition) is 1. The molecule has 1 aromatic rings. The molecular weight excluding hydrogens is 137 g/mol. The fourth-order valence-corrected chi connectivity index (χ4v) is 0.666. The van der Waals surface area contributed by atoms with Gasteiger partial charge in [0.2, 0.25) is 0 Å². The van der Waals surface area contributed by atoms with Crippen molar-refractivity contribution in [3.63, 3.8) is 0 Å². The first-order valence-corrected chi connectivity index (χ1v) is 2.71. The first-order valence-electron chi connectivity index (χ1n) is 2.71. The number of carboxylic acid groups (broad SMARTS) is 1. The van der Waals surface area contributed by atoms with E-state index >= 15 is 0 Å². The molecule has 0 fully saturated rings. The summed E-state index contributed by atoms with van der Waals surface area (Å²) in [4.78, 5) is 10.0. The van der Waals surface area contributed by atoms with Crippen LogP contribution >= 0.6 is 0 Å².